The van der Waals surface area contributed by atoms with Crippen LogP contribution in [0.1, 0.15) is 41.9 Å². The van der Waals surface area contributed by atoms with Crippen LogP contribution in [0.2, 0.25) is 0 Å². The van der Waals surface area contributed by atoms with E-state index in [-0.39, 0.29) is 5.41 Å². The van der Waals surface area contributed by atoms with Gasteiger partial charge in [-0.3, -0.25) is 4.98 Å². The van der Waals surface area contributed by atoms with Crippen LogP contribution in [0.15, 0.2) is 24.3 Å². The predicted molar refractivity (Wildman–Crippen MR) is 74.5 cm³/mol. The lowest BCUT2D eigenvalue weighted by atomic mass is 9.74. The van der Waals surface area contributed by atoms with Crippen LogP contribution < -0.4 is 0 Å². The van der Waals surface area contributed by atoms with Crippen LogP contribution in [0.3, 0.4) is 0 Å². The summed E-state index contributed by atoms with van der Waals surface area (Å²) in [7, 11) is 0. The van der Waals surface area contributed by atoms with E-state index in [0.717, 1.165) is 41.4 Å². The smallest absolute Gasteiger partial charge is 0.336 e. The van der Waals surface area contributed by atoms with Gasteiger partial charge >= 0.3 is 5.97 Å². The van der Waals surface area contributed by atoms with Crippen molar-refractivity contribution in [2.24, 2.45) is 5.41 Å². The molecule has 1 aromatic heterocycles. The molecule has 1 heterocycles. The lowest BCUT2D eigenvalue weighted by molar-refractivity contribution is 0.0696. The van der Waals surface area contributed by atoms with Crippen LogP contribution in [0.25, 0.3) is 10.9 Å². The zero-order valence-corrected chi connectivity index (χ0v) is 11.2. The third-order valence-electron chi connectivity index (χ3n) is 3.99. The first-order chi connectivity index (χ1) is 8.98. The van der Waals surface area contributed by atoms with E-state index < -0.39 is 5.97 Å². The topological polar surface area (TPSA) is 50.2 Å². The summed E-state index contributed by atoms with van der Waals surface area (Å²) in [6.07, 6.45) is 2.72. The summed E-state index contributed by atoms with van der Waals surface area (Å²) in [6, 6.07) is 7.52. The zero-order valence-electron chi connectivity index (χ0n) is 11.2. The Morgan fingerprint density at radius 3 is 2.79 bits per heavy atom. The van der Waals surface area contributed by atoms with E-state index in [1.54, 1.807) is 0 Å². The summed E-state index contributed by atoms with van der Waals surface area (Å²) in [6.45, 7) is 4.38. The summed E-state index contributed by atoms with van der Waals surface area (Å²) in [4.78, 5) is 16.3. The number of hydrogen-bond donors (Lipinski definition) is 1. The van der Waals surface area contributed by atoms with Crippen molar-refractivity contribution in [1.82, 2.24) is 4.98 Å². The van der Waals surface area contributed by atoms with Crippen molar-refractivity contribution in [2.75, 3.05) is 0 Å². The van der Waals surface area contributed by atoms with Crippen molar-refractivity contribution < 1.29 is 9.90 Å². The monoisotopic (exact) mass is 255 g/mol. The summed E-state index contributed by atoms with van der Waals surface area (Å²) in [5.41, 5.74) is 3.30. The van der Waals surface area contributed by atoms with Crippen molar-refractivity contribution in [3.05, 3.63) is 41.1 Å². The van der Waals surface area contributed by atoms with E-state index in [1.165, 1.54) is 0 Å². The highest BCUT2D eigenvalue weighted by atomic mass is 16.4. The quantitative estimate of drug-likeness (QED) is 0.849. The molecule has 3 nitrogen and oxygen atoms in total. The van der Waals surface area contributed by atoms with Gasteiger partial charge in [-0.25, -0.2) is 4.79 Å². The van der Waals surface area contributed by atoms with E-state index in [2.05, 4.69) is 18.8 Å². The molecule has 0 unspecified atom stereocenters. The molecule has 0 spiro atoms. The van der Waals surface area contributed by atoms with Crippen LogP contribution >= 0.6 is 0 Å². The van der Waals surface area contributed by atoms with Gasteiger partial charge < -0.3 is 5.11 Å². The van der Waals surface area contributed by atoms with Crippen LogP contribution in [0.5, 0.6) is 0 Å². The van der Waals surface area contributed by atoms with Crippen molar-refractivity contribution in [3.8, 4) is 0 Å². The molecule has 1 aromatic carbocycles. The highest BCUT2D eigenvalue weighted by Gasteiger charge is 2.30. The zero-order chi connectivity index (χ0) is 13.6. The predicted octanol–water partition coefficient (Wildman–Crippen LogP) is 3.45. The lowest BCUT2D eigenvalue weighted by Crippen LogP contribution is -2.25. The molecule has 0 radical (unpaired) electrons. The number of aromatic nitrogens is 1. The Bertz CT molecular complexity index is 674. The van der Waals surface area contributed by atoms with E-state index in [0.29, 0.717) is 5.56 Å². The Labute approximate surface area is 112 Å². The van der Waals surface area contributed by atoms with Gasteiger partial charge in [-0.15, -0.1) is 0 Å². The molecule has 1 aliphatic rings. The van der Waals surface area contributed by atoms with Crippen molar-refractivity contribution >= 4 is 16.9 Å². The maximum atomic E-state index is 11.7. The number of para-hydroxylation sites is 1. The molecule has 0 atom stereocenters. The second-order valence-electron chi connectivity index (χ2n) is 6.08. The number of rotatable bonds is 1. The fourth-order valence-electron chi connectivity index (χ4n) is 2.97. The molecule has 0 saturated heterocycles. The molecule has 19 heavy (non-hydrogen) atoms. The van der Waals surface area contributed by atoms with Gasteiger partial charge in [-0.1, -0.05) is 32.0 Å². The van der Waals surface area contributed by atoms with Crippen molar-refractivity contribution in [1.29, 1.82) is 0 Å². The highest BCUT2D eigenvalue weighted by Crippen LogP contribution is 2.37. The lowest BCUT2D eigenvalue weighted by Gasteiger charge is -2.31. The third kappa shape index (κ3) is 1.99. The average Bonchev–Trinajstić information content (AvgIpc) is 2.34. The van der Waals surface area contributed by atoms with Gasteiger partial charge in [0.1, 0.15) is 0 Å². The molecule has 0 amide bonds. The standard InChI is InChI=1S/C16H17NO2/c1-16(2)8-7-13-11(9-16)14(15(18)19)10-5-3-4-6-12(10)17-13/h3-6H,7-9H2,1-2H3,(H,18,19). The number of nitrogens with zero attached hydrogens (tertiary/aromatic N) is 1. The van der Waals surface area contributed by atoms with Crippen LogP contribution in [0, 0.1) is 5.41 Å². The maximum absolute atomic E-state index is 11.7. The molecule has 2 aromatic rings. The Hall–Kier alpha value is -1.90. The van der Waals surface area contributed by atoms with Gasteiger partial charge in [-0.05, 0) is 36.3 Å². The number of carbonyl (C=O) groups is 1. The normalized spacial score (nSPS) is 17.2. The van der Waals surface area contributed by atoms with Crippen molar-refractivity contribution in [3.63, 3.8) is 0 Å². The number of carboxylic acids is 1. The van der Waals surface area contributed by atoms with Gasteiger partial charge in [0.15, 0.2) is 0 Å². The van der Waals surface area contributed by atoms with Gasteiger partial charge in [-0.2, -0.15) is 0 Å². The maximum Gasteiger partial charge on any atom is 0.336 e. The van der Waals surface area contributed by atoms with Crippen LogP contribution in [-0.4, -0.2) is 16.1 Å². The molecule has 3 heteroatoms. The molecule has 0 fully saturated rings. The van der Waals surface area contributed by atoms with Crippen LogP contribution in [0.4, 0.5) is 0 Å². The highest BCUT2D eigenvalue weighted by molar-refractivity contribution is 6.04. The van der Waals surface area contributed by atoms with Crippen molar-refractivity contribution in [2.45, 2.75) is 33.1 Å². The Balaban J connectivity index is 2.34. The molecule has 3 rings (SSSR count). The average molecular weight is 255 g/mol. The number of aryl methyl sites for hydroxylation is 1. The first-order valence-corrected chi connectivity index (χ1v) is 6.62. The number of carboxylic acid groups (broad SMARTS) is 1. The molecule has 0 saturated carbocycles. The first-order valence-electron chi connectivity index (χ1n) is 6.62. The summed E-state index contributed by atoms with van der Waals surface area (Å²) in [5, 5.41) is 10.3. The molecule has 0 bridgehead atoms. The minimum Gasteiger partial charge on any atom is -0.478 e. The van der Waals surface area contributed by atoms with Gasteiger partial charge in [0, 0.05) is 11.1 Å². The van der Waals surface area contributed by atoms with E-state index in [1.807, 2.05) is 24.3 Å². The number of fused-ring (bicyclic) bond motifs is 2. The summed E-state index contributed by atoms with van der Waals surface area (Å²) >= 11 is 0. The number of benzene rings is 1. The van der Waals surface area contributed by atoms with E-state index in [9.17, 15) is 9.90 Å². The summed E-state index contributed by atoms with van der Waals surface area (Å²) in [5.74, 6) is -0.840. The third-order valence-corrected chi connectivity index (χ3v) is 3.99. The van der Waals surface area contributed by atoms with Gasteiger partial charge in [0.25, 0.3) is 0 Å². The van der Waals surface area contributed by atoms with E-state index in [4.69, 9.17) is 0 Å². The molecule has 0 aliphatic heterocycles. The molecule has 98 valence electrons. The SMILES string of the molecule is CC1(C)CCc2nc3ccccc3c(C(=O)O)c2C1. The molecule has 1 aliphatic carbocycles. The second-order valence-corrected chi connectivity index (χ2v) is 6.08. The number of pyridine rings is 1. The fourth-order valence-corrected chi connectivity index (χ4v) is 2.97. The second kappa shape index (κ2) is 4.05. The largest absolute Gasteiger partial charge is 0.478 e. The molecular formula is C16H17NO2. The Morgan fingerprint density at radius 1 is 1.32 bits per heavy atom. The number of aromatic carboxylic acids is 1. The molecular weight excluding hydrogens is 238 g/mol. The minimum absolute atomic E-state index is 0.154. The van der Waals surface area contributed by atoms with Gasteiger partial charge in [0.05, 0.1) is 11.1 Å². The first kappa shape index (κ1) is 12.2. The molecule has 1 N–H and O–H groups in total. The Kier molecular flexibility index (Phi) is 2.59. The van der Waals surface area contributed by atoms with Crippen LogP contribution in [-0.2, 0) is 12.8 Å². The number of hydrogen-bond acceptors (Lipinski definition) is 2. The summed E-state index contributed by atoms with van der Waals surface area (Å²) < 4.78 is 0. The fraction of sp³-hybridized carbons (Fsp3) is 0.375. The van der Waals surface area contributed by atoms with E-state index >= 15 is 0 Å². The van der Waals surface area contributed by atoms with Gasteiger partial charge in [0.2, 0.25) is 0 Å². The minimum atomic E-state index is -0.840. The Morgan fingerprint density at radius 2 is 2.05 bits per heavy atom.